The lowest BCUT2D eigenvalue weighted by Gasteiger charge is -2.15. The van der Waals surface area contributed by atoms with Crippen LogP contribution < -0.4 is 5.32 Å². The van der Waals surface area contributed by atoms with Crippen LogP contribution in [-0.2, 0) is 21.8 Å². The van der Waals surface area contributed by atoms with Crippen molar-refractivity contribution in [1.82, 2.24) is 5.32 Å². The number of Topliss-reactive ketones (excluding diaryl/α,β-unsaturated/α-hetero) is 1. The second kappa shape index (κ2) is 8.44. The lowest BCUT2D eigenvalue weighted by atomic mass is 10.1. The summed E-state index contributed by atoms with van der Waals surface area (Å²) in [4.78, 5) is 23.6. The molecule has 0 saturated heterocycles. The number of aryl methyl sites for hydroxylation is 1. The first-order valence-corrected chi connectivity index (χ1v) is 8.18. The van der Waals surface area contributed by atoms with Crippen LogP contribution in [0.15, 0.2) is 53.1 Å². The summed E-state index contributed by atoms with van der Waals surface area (Å²) in [6.45, 7) is 1.42. The average Bonchev–Trinajstić information content (AvgIpc) is 3.03. The third-order valence-corrected chi connectivity index (χ3v) is 4.27. The fourth-order valence-corrected chi connectivity index (χ4v) is 3.05. The fraction of sp³-hybridized carbons (Fsp3) is 0.294. The van der Waals surface area contributed by atoms with Gasteiger partial charge in [-0.25, -0.2) is 0 Å². The first-order valence-electron chi connectivity index (χ1n) is 7.13. The standard InChI is InChI=1S/C17H19NO3S/c1-13(19)18-17(22-12-15-8-5-11-21-15)16(20)10-9-14-6-3-2-4-7-14/h2-8,11,17H,9-10,12H2,1H3,(H,18,19)/t17-/m0/s1. The Hall–Kier alpha value is -2.01. The van der Waals surface area contributed by atoms with Crippen molar-refractivity contribution in [3.8, 4) is 0 Å². The molecule has 1 atom stereocenters. The van der Waals surface area contributed by atoms with Crippen LogP contribution in [0.1, 0.15) is 24.7 Å². The molecule has 1 aromatic heterocycles. The summed E-state index contributed by atoms with van der Waals surface area (Å²) in [5, 5.41) is 2.18. The third-order valence-electron chi connectivity index (χ3n) is 3.10. The normalized spacial score (nSPS) is 11.9. The van der Waals surface area contributed by atoms with Crippen LogP contribution in [0.5, 0.6) is 0 Å². The van der Waals surface area contributed by atoms with Crippen LogP contribution in [0, 0.1) is 0 Å². The van der Waals surface area contributed by atoms with E-state index in [1.807, 2.05) is 36.4 Å². The van der Waals surface area contributed by atoms with Gasteiger partial charge in [-0.1, -0.05) is 30.3 Å². The predicted octanol–water partition coefficient (Wildman–Crippen LogP) is 3.18. The van der Waals surface area contributed by atoms with Crippen LogP contribution in [-0.4, -0.2) is 17.1 Å². The molecule has 0 fully saturated rings. The average molecular weight is 317 g/mol. The highest BCUT2D eigenvalue weighted by Crippen LogP contribution is 2.19. The second-order valence-electron chi connectivity index (χ2n) is 4.92. The Balaban J connectivity index is 1.89. The van der Waals surface area contributed by atoms with Gasteiger partial charge in [-0.05, 0) is 24.1 Å². The molecule has 1 amide bonds. The molecule has 0 spiro atoms. The molecule has 116 valence electrons. The molecule has 2 rings (SSSR count). The van der Waals surface area contributed by atoms with Crippen molar-refractivity contribution < 1.29 is 14.0 Å². The summed E-state index contributed by atoms with van der Waals surface area (Å²) in [5.41, 5.74) is 1.12. The molecule has 0 bridgehead atoms. The van der Waals surface area contributed by atoms with Crippen LogP contribution in [0.25, 0.3) is 0 Å². The quantitative estimate of drug-likeness (QED) is 0.760. The number of carbonyl (C=O) groups is 2. The zero-order chi connectivity index (χ0) is 15.8. The summed E-state index contributed by atoms with van der Waals surface area (Å²) in [5.74, 6) is 1.16. The molecule has 5 heteroatoms. The Morgan fingerprint density at radius 3 is 2.59 bits per heavy atom. The van der Waals surface area contributed by atoms with Crippen LogP contribution in [0.2, 0.25) is 0 Å². The van der Waals surface area contributed by atoms with E-state index in [0.717, 1.165) is 11.3 Å². The first-order chi connectivity index (χ1) is 10.6. The number of hydrogen-bond donors (Lipinski definition) is 1. The second-order valence-corrected chi connectivity index (χ2v) is 6.02. The number of nitrogens with one attached hydrogen (secondary N) is 1. The fourth-order valence-electron chi connectivity index (χ4n) is 2.00. The molecule has 0 aliphatic rings. The number of benzene rings is 1. The molecule has 4 nitrogen and oxygen atoms in total. The smallest absolute Gasteiger partial charge is 0.218 e. The Bertz CT molecular complexity index is 596. The van der Waals surface area contributed by atoms with E-state index in [0.29, 0.717) is 18.6 Å². The maximum Gasteiger partial charge on any atom is 0.218 e. The summed E-state index contributed by atoms with van der Waals surface area (Å²) >= 11 is 1.38. The molecule has 22 heavy (non-hydrogen) atoms. The van der Waals surface area contributed by atoms with Crippen LogP contribution in [0.4, 0.5) is 0 Å². The SMILES string of the molecule is CC(=O)N[C@@H](SCc1ccco1)C(=O)CCc1ccccc1. The molecule has 0 aliphatic heterocycles. The predicted molar refractivity (Wildman–Crippen MR) is 87.4 cm³/mol. The minimum Gasteiger partial charge on any atom is -0.468 e. The maximum absolute atomic E-state index is 12.3. The zero-order valence-electron chi connectivity index (χ0n) is 12.5. The van der Waals surface area contributed by atoms with E-state index >= 15 is 0 Å². The van der Waals surface area contributed by atoms with Crippen molar-refractivity contribution in [3.63, 3.8) is 0 Å². The molecular weight excluding hydrogens is 298 g/mol. The molecule has 0 aliphatic carbocycles. The number of thioether (sulfide) groups is 1. The van der Waals surface area contributed by atoms with E-state index in [-0.39, 0.29) is 11.7 Å². The number of ketones is 1. The van der Waals surface area contributed by atoms with Gasteiger partial charge in [0.15, 0.2) is 5.78 Å². The Morgan fingerprint density at radius 1 is 1.18 bits per heavy atom. The molecule has 0 radical (unpaired) electrons. The zero-order valence-corrected chi connectivity index (χ0v) is 13.3. The van der Waals surface area contributed by atoms with Crippen LogP contribution in [0.3, 0.4) is 0 Å². The van der Waals surface area contributed by atoms with Gasteiger partial charge < -0.3 is 9.73 Å². The van der Waals surface area contributed by atoms with E-state index in [9.17, 15) is 9.59 Å². The highest BCUT2D eigenvalue weighted by Gasteiger charge is 2.20. The van der Waals surface area contributed by atoms with E-state index in [2.05, 4.69) is 5.32 Å². The molecule has 0 saturated carbocycles. The van der Waals surface area contributed by atoms with Gasteiger partial charge in [0.25, 0.3) is 0 Å². The Labute approximate surface area is 134 Å². The molecule has 1 aromatic carbocycles. The highest BCUT2D eigenvalue weighted by atomic mass is 32.2. The summed E-state index contributed by atoms with van der Waals surface area (Å²) < 4.78 is 5.25. The van der Waals surface area contributed by atoms with Gasteiger partial charge in [0.2, 0.25) is 5.91 Å². The van der Waals surface area contributed by atoms with Gasteiger partial charge in [-0.2, -0.15) is 0 Å². The minimum absolute atomic E-state index is 0.0237. The van der Waals surface area contributed by atoms with Crippen LogP contribution >= 0.6 is 11.8 Å². The number of carbonyl (C=O) groups excluding carboxylic acids is 2. The number of rotatable bonds is 8. The van der Waals surface area contributed by atoms with Crippen molar-refractivity contribution in [2.24, 2.45) is 0 Å². The third kappa shape index (κ3) is 5.41. The number of hydrogen-bond acceptors (Lipinski definition) is 4. The monoisotopic (exact) mass is 317 g/mol. The van der Waals surface area contributed by atoms with Crippen molar-refractivity contribution in [2.45, 2.75) is 30.9 Å². The molecule has 1 N–H and O–H groups in total. The van der Waals surface area contributed by atoms with Crippen molar-refractivity contribution in [2.75, 3.05) is 0 Å². The lowest BCUT2D eigenvalue weighted by Crippen LogP contribution is -2.37. The molecule has 0 unspecified atom stereocenters. The molecule has 1 heterocycles. The Morgan fingerprint density at radius 2 is 1.95 bits per heavy atom. The summed E-state index contributed by atoms with van der Waals surface area (Å²) in [6.07, 6.45) is 2.68. The Kier molecular flexibility index (Phi) is 6.27. The van der Waals surface area contributed by atoms with E-state index in [1.54, 1.807) is 12.3 Å². The topological polar surface area (TPSA) is 59.3 Å². The van der Waals surface area contributed by atoms with Gasteiger partial charge in [0.05, 0.1) is 12.0 Å². The minimum atomic E-state index is -0.536. The number of amides is 1. The van der Waals surface area contributed by atoms with Crippen molar-refractivity contribution >= 4 is 23.5 Å². The van der Waals surface area contributed by atoms with E-state index in [1.165, 1.54) is 18.7 Å². The lowest BCUT2D eigenvalue weighted by molar-refractivity contribution is -0.124. The maximum atomic E-state index is 12.3. The molecular formula is C17H19NO3S. The van der Waals surface area contributed by atoms with Crippen molar-refractivity contribution in [1.29, 1.82) is 0 Å². The molecule has 2 aromatic rings. The largest absolute Gasteiger partial charge is 0.468 e. The van der Waals surface area contributed by atoms with Gasteiger partial charge in [-0.15, -0.1) is 11.8 Å². The van der Waals surface area contributed by atoms with Gasteiger partial charge in [0.1, 0.15) is 11.1 Å². The van der Waals surface area contributed by atoms with Gasteiger partial charge in [0, 0.05) is 13.3 Å². The van der Waals surface area contributed by atoms with Gasteiger partial charge >= 0.3 is 0 Å². The highest BCUT2D eigenvalue weighted by molar-refractivity contribution is 7.99. The first kappa shape index (κ1) is 16.4. The summed E-state index contributed by atoms with van der Waals surface area (Å²) in [6, 6.07) is 13.5. The number of furan rings is 1. The summed E-state index contributed by atoms with van der Waals surface area (Å²) in [7, 11) is 0. The van der Waals surface area contributed by atoms with Crippen molar-refractivity contribution in [3.05, 3.63) is 60.1 Å². The van der Waals surface area contributed by atoms with Gasteiger partial charge in [-0.3, -0.25) is 9.59 Å². The van der Waals surface area contributed by atoms with E-state index in [4.69, 9.17) is 4.42 Å². The van der Waals surface area contributed by atoms with E-state index < -0.39 is 5.37 Å².